The van der Waals surface area contributed by atoms with Crippen molar-refractivity contribution in [3.05, 3.63) is 11.6 Å². The maximum Gasteiger partial charge on any atom is 0.335 e. The Morgan fingerprint density at radius 2 is 1.52 bits per heavy atom. The predicted molar refractivity (Wildman–Crippen MR) is 171 cm³/mol. The molecule has 274 valence electrons. The highest BCUT2D eigenvalue weighted by Crippen LogP contribution is 2.75. The first-order valence-electron chi connectivity index (χ1n) is 17.8. The molecule has 5 aliphatic carbocycles. The second-order valence-electron chi connectivity index (χ2n) is 18.0. The lowest BCUT2D eigenvalue weighted by Gasteiger charge is -2.72. The van der Waals surface area contributed by atoms with E-state index in [1.54, 1.807) is 0 Å². The lowest BCUT2D eigenvalue weighted by Crippen LogP contribution is -2.71. The minimum Gasteiger partial charge on any atom is -0.479 e. The number of carboxylic acids is 1. The van der Waals surface area contributed by atoms with E-state index in [9.17, 15) is 50.8 Å². The van der Waals surface area contributed by atoms with Crippen molar-refractivity contribution in [3.8, 4) is 0 Å². The van der Waals surface area contributed by atoms with Crippen molar-refractivity contribution in [2.75, 3.05) is 13.2 Å². The Kier molecular flexibility index (Phi) is 8.89. The average molecular weight is 683 g/mol. The minimum absolute atomic E-state index is 0.0347. The smallest absolute Gasteiger partial charge is 0.335 e. The van der Waals surface area contributed by atoms with Crippen LogP contribution >= 0.6 is 0 Å². The number of aliphatic carboxylic acids is 1. The van der Waals surface area contributed by atoms with E-state index in [0.29, 0.717) is 25.7 Å². The summed E-state index contributed by atoms with van der Waals surface area (Å²) in [6.45, 7) is 12.0. The summed E-state index contributed by atoms with van der Waals surface area (Å²) in [5.74, 6) is -1.69. The number of rotatable bonds is 5. The van der Waals surface area contributed by atoms with E-state index in [1.165, 1.54) is 0 Å². The molecule has 12 heteroatoms. The molecule has 12 nitrogen and oxygen atoms in total. The van der Waals surface area contributed by atoms with Crippen molar-refractivity contribution in [2.24, 2.45) is 50.2 Å². The van der Waals surface area contributed by atoms with Crippen LogP contribution in [0.25, 0.3) is 0 Å². The second-order valence-corrected chi connectivity index (χ2v) is 18.0. The van der Waals surface area contributed by atoms with Gasteiger partial charge in [-0.3, -0.25) is 0 Å². The molecule has 9 N–H and O–H groups in total. The molecule has 48 heavy (non-hydrogen) atoms. The van der Waals surface area contributed by atoms with Crippen molar-refractivity contribution in [1.82, 2.24) is 0 Å². The molecule has 0 radical (unpaired) electrons. The maximum absolute atomic E-state index is 11.9. The van der Waals surface area contributed by atoms with Crippen LogP contribution in [0.3, 0.4) is 0 Å². The summed E-state index contributed by atoms with van der Waals surface area (Å²) < 4.78 is 11.7. The third-order valence-corrected chi connectivity index (χ3v) is 15.6. The van der Waals surface area contributed by atoms with Gasteiger partial charge in [0.1, 0.15) is 18.3 Å². The summed E-state index contributed by atoms with van der Waals surface area (Å²) in [6.07, 6.45) is -6.04. The van der Waals surface area contributed by atoms with Crippen LogP contribution in [0, 0.1) is 50.2 Å². The highest BCUT2D eigenvalue weighted by atomic mass is 16.7. The summed E-state index contributed by atoms with van der Waals surface area (Å²) in [5.41, 5.74) is -2.56. The third kappa shape index (κ3) is 4.60. The fraction of sp³-hybridized carbons (Fsp3) is 0.917. The molecule has 0 unspecified atom stereocenters. The zero-order chi connectivity index (χ0) is 35.6. The number of hydrogen-bond acceptors (Lipinski definition) is 11. The Hall–Kier alpha value is -1.19. The Balaban J connectivity index is 1.33. The summed E-state index contributed by atoms with van der Waals surface area (Å²) in [7, 11) is 0. The number of carbonyl (C=O) groups is 1. The Morgan fingerprint density at radius 1 is 0.854 bits per heavy atom. The first kappa shape index (κ1) is 36.6. The van der Waals surface area contributed by atoms with Crippen molar-refractivity contribution in [2.45, 2.75) is 142 Å². The first-order valence-corrected chi connectivity index (χ1v) is 17.8. The largest absolute Gasteiger partial charge is 0.479 e. The Bertz CT molecular complexity index is 1310. The van der Waals surface area contributed by atoms with Crippen molar-refractivity contribution in [3.63, 3.8) is 0 Å². The Morgan fingerprint density at radius 3 is 2.12 bits per heavy atom. The van der Waals surface area contributed by atoms with E-state index in [-0.39, 0.29) is 35.2 Å². The lowest BCUT2D eigenvalue weighted by atomic mass is 9.33. The van der Waals surface area contributed by atoms with Gasteiger partial charge in [0.15, 0.2) is 12.4 Å². The summed E-state index contributed by atoms with van der Waals surface area (Å²) in [5, 5.41) is 97.2. The van der Waals surface area contributed by atoms with Gasteiger partial charge in [0.25, 0.3) is 0 Å². The molecule has 1 saturated heterocycles. The molecular formula is C36H58O12. The van der Waals surface area contributed by atoms with Crippen LogP contribution in [0.1, 0.15) is 86.5 Å². The van der Waals surface area contributed by atoms with Gasteiger partial charge < -0.3 is 55.4 Å². The lowest BCUT2D eigenvalue weighted by molar-refractivity contribution is -0.328. The van der Waals surface area contributed by atoms with Gasteiger partial charge in [0.05, 0.1) is 43.0 Å². The predicted octanol–water partition coefficient (Wildman–Crippen LogP) is 0.943. The molecule has 6 aliphatic rings. The van der Waals surface area contributed by atoms with Crippen molar-refractivity contribution >= 4 is 5.97 Å². The zero-order valence-corrected chi connectivity index (χ0v) is 29.1. The summed E-state index contributed by atoms with van der Waals surface area (Å²) in [6, 6.07) is 0. The van der Waals surface area contributed by atoms with Gasteiger partial charge in [-0.05, 0) is 84.4 Å². The fourth-order valence-electron chi connectivity index (χ4n) is 12.5. The normalized spacial score (nSPS) is 56.2. The monoisotopic (exact) mass is 682 g/mol. The highest BCUT2D eigenvalue weighted by molar-refractivity contribution is 5.73. The van der Waals surface area contributed by atoms with Crippen molar-refractivity contribution in [1.29, 1.82) is 0 Å². The number of allylic oxidation sites excluding steroid dienone is 2. The van der Waals surface area contributed by atoms with Gasteiger partial charge in [0, 0.05) is 5.41 Å². The second kappa shape index (κ2) is 11.7. The quantitative estimate of drug-likeness (QED) is 0.146. The van der Waals surface area contributed by atoms with Gasteiger partial charge in [-0.2, -0.15) is 0 Å². The van der Waals surface area contributed by atoms with E-state index in [1.807, 2.05) is 20.8 Å². The maximum atomic E-state index is 11.9. The zero-order valence-electron chi connectivity index (χ0n) is 29.1. The van der Waals surface area contributed by atoms with Crippen LogP contribution in [0.2, 0.25) is 0 Å². The van der Waals surface area contributed by atoms with Crippen LogP contribution in [0.5, 0.6) is 0 Å². The molecule has 4 saturated carbocycles. The van der Waals surface area contributed by atoms with Crippen LogP contribution < -0.4 is 0 Å². The number of carboxylic acid groups (broad SMARTS) is 1. The van der Waals surface area contributed by atoms with Gasteiger partial charge in [-0.1, -0.05) is 53.2 Å². The van der Waals surface area contributed by atoms with E-state index in [2.05, 4.69) is 26.8 Å². The molecule has 6 rings (SSSR count). The van der Waals surface area contributed by atoms with E-state index in [4.69, 9.17) is 9.47 Å². The van der Waals surface area contributed by atoms with Crippen LogP contribution in [0.4, 0.5) is 0 Å². The number of hydrogen-bond donors (Lipinski definition) is 9. The molecular weight excluding hydrogens is 624 g/mol. The van der Waals surface area contributed by atoms with E-state index >= 15 is 0 Å². The number of aliphatic hydroxyl groups excluding tert-OH is 8. The van der Waals surface area contributed by atoms with Crippen LogP contribution in [0.15, 0.2) is 11.6 Å². The van der Waals surface area contributed by atoms with Crippen LogP contribution in [-0.4, -0.2) is 120 Å². The number of aliphatic hydroxyl groups is 8. The third-order valence-electron chi connectivity index (χ3n) is 15.6. The first-order chi connectivity index (χ1) is 22.2. The molecule has 1 heterocycles. The van der Waals surface area contributed by atoms with Gasteiger partial charge in [0.2, 0.25) is 0 Å². The minimum atomic E-state index is -1.83. The molecule has 0 amide bonds. The van der Waals surface area contributed by atoms with Gasteiger partial charge in [-0.15, -0.1) is 0 Å². The molecule has 0 aromatic carbocycles. The van der Waals surface area contributed by atoms with Gasteiger partial charge >= 0.3 is 5.97 Å². The topological polar surface area (TPSA) is 218 Å². The highest BCUT2D eigenvalue weighted by Gasteiger charge is 2.72. The molecule has 0 bridgehead atoms. The molecule has 0 spiro atoms. The number of fused-ring (bicyclic) bond motifs is 7. The average Bonchev–Trinajstić information content (AvgIpc) is 3.01. The standard InChI is InChI=1S/C36H58O12/c1-31(2)13-18-17-7-8-20-32(3)11-10-22(47-30-25(42)23(40)24(41)26(48-30)29(45)46)33(4,15-37)19(32)9-12-34(20,5)35(17,6)14-21(39)36(18,16-38)28(44)27(31)43/h7,18-28,30,37-44H,8-16H2,1-6H3,(H,45,46)/t18-,19+,20+,21-,22-,23-,24-,25+,26-,27-,28+,30+,32-,33-,34+,35+,36-/m0/s1. The summed E-state index contributed by atoms with van der Waals surface area (Å²) in [4.78, 5) is 11.7. The SMILES string of the molecule is CC1(C)C[C@H]2C3=CC[C@@H]4[C@@]5(C)CC[C@H](O[C@@H]6O[C@H](C(=O)O)[C@@H](O)[C@H](O)[C@H]6O)[C@@](C)(CO)[C@@H]5CC[C@@]4(C)[C@]3(C)C[C@H](O)[C@@]2(CO)[C@H](O)[C@@H]1O. The van der Waals surface area contributed by atoms with Crippen molar-refractivity contribution < 1.29 is 60.2 Å². The van der Waals surface area contributed by atoms with Gasteiger partial charge in [-0.25, -0.2) is 4.79 Å². The van der Waals surface area contributed by atoms with E-state index < -0.39 is 89.4 Å². The molecule has 5 fully saturated rings. The fourth-order valence-corrected chi connectivity index (χ4v) is 12.5. The van der Waals surface area contributed by atoms with Crippen LogP contribution in [-0.2, 0) is 14.3 Å². The summed E-state index contributed by atoms with van der Waals surface area (Å²) >= 11 is 0. The molecule has 1 aliphatic heterocycles. The molecule has 17 atom stereocenters. The number of ether oxygens (including phenoxy) is 2. The Labute approximate surface area is 282 Å². The van der Waals surface area contributed by atoms with E-state index in [0.717, 1.165) is 24.8 Å². The molecule has 0 aromatic rings. The molecule has 0 aromatic heterocycles.